The standard InChI is InChI=1S/C5H5F2N3O2/c6-4(7)12-5(11)9-3-1-2-8-10-3/h1-2,4H,(H2,8,9,10,11). The number of ether oxygens (including phenoxy) is 1. The summed E-state index contributed by atoms with van der Waals surface area (Å²) < 4.78 is 26.3. The van der Waals surface area contributed by atoms with Gasteiger partial charge in [-0.25, -0.2) is 4.79 Å². The van der Waals surface area contributed by atoms with Gasteiger partial charge < -0.3 is 4.74 Å². The molecular weight excluding hydrogens is 172 g/mol. The summed E-state index contributed by atoms with van der Waals surface area (Å²) in [7, 11) is 0. The van der Waals surface area contributed by atoms with E-state index in [0.29, 0.717) is 0 Å². The third kappa shape index (κ3) is 2.52. The predicted molar refractivity (Wildman–Crippen MR) is 34.7 cm³/mol. The fourth-order valence-corrected chi connectivity index (χ4v) is 0.546. The lowest BCUT2D eigenvalue weighted by molar-refractivity contribution is -0.0766. The van der Waals surface area contributed by atoms with Crippen LogP contribution in [0.1, 0.15) is 0 Å². The van der Waals surface area contributed by atoms with Crippen LogP contribution >= 0.6 is 0 Å². The number of anilines is 1. The number of aromatic amines is 1. The van der Waals surface area contributed by atoms with Crippen molar-refractivity contribution < 1.29 is 18.3 Å². The van der Waals surface area contributed by atoms with E-state index in [-0.39, 0.29) is 5.82 Å². The summed E-state index contributed by atoms with van der Waals surface area (Å²) in [5.74, 6) is 0.195. The van der Waals surface area contributed by atoms with Crippen LogP contribution in [0.25, 0.3) is 0 Å². The van der Waals surface area contributed by atoms with Gasteiger partial charge >= 0.3 is 12.7 Å². The number of rotatable bonds is 2. The maximum atomic E-state index is 11.4. The summed E-state index contributed by atoms with van der Waals surface area (Å²) >= 11 is 0. The summed E-state index contributed by atoms with van der Waals surface area (Å²) in [6.45, 7) is -3.12. The number of nitrogens with zero attached hydrogens (tertiary/aromatic N) is 1. The smallest absolute Gasteiger partial charge is 0.386 e. The molecule has 0 saturated carbocycles. The Bertz CT molecular complexity index is 249. The molecule has 7 heteroatoms. The number of hydrogen-bond donors (Lipinski definition) is 2. The fourth-order valence-electron chi connectivity index (χ4n) is 0.546. The molecule has 1 heterocycles. The lowest BCUT2D eigenvalue weighted by Crippen LogP contribution is -2.16. The molecule has 2 N–H and O–H groups in total. The summed E-state index contributed by atoms with van der Waals surface area (Å²) in [4.78, 5) is 10.5. The third-order valence-electron chi connectivity index (χ3n) is 0.934. The molecule has 0 atom stereocenters. The van der Waals surface area contributed by atoms with Crippen molar-refractivity contribution in [2.24, 2.45) is 0 Å². The van der Waals surface area contributed by atoms with Crippen LogP contribution in [0.5, 0.6) is 0 Å². The van der Waals surface area contributed by atoms with E-state index in [1.54, 1.807) is 0 Å². The van der Waals surface area contributed by atoms with Gasteiger partial charge in [-0.3, -0.25) is 10.4 Å². The highest BCUT2D eigenvalue weighted by molar-refractivity contribution is 5.83. The molecule has 0 saturated heterocycles. The average molecular weight is 177 g/mol. The summed E-state index contributed by atoms with van der Waals surface area (Å²) in [6, 6.07) is 1.40. The molecule has 5 nitrogen and oxygen atoms in total. The zero-order valence-electron chi connectivity index (χ0n) is 5.75. The van der Waals surface area contributed by atoms with Gasteiger partial charge in [-0.05, 0) is 0 Å². The number of alkyl halides is 2. The van der Waals surface area contributed by atoms with Gasteiger partial charge in [0.05, 0.1) is 6.20 Å². The highest BCUT2D eigenvalue weighted by Gasteiger charge is 2.10. The van der Waals surface area contributed by atoms with Crippen LogP contribution in [-0.2, 0) is 4.74 Å². The highest BCUT2D eigenvalue weighted by Crippen LogP contribution is 2.01. The van der Waals surface area contributed by atoms with Crippen LogP contribution in [0.4, 0.5) is 19.4 Å². The topological polar surface area (TPSA) is 67.0 Å². The maximum absolute atomic E-state index is 11.4. The van der Waals surface area contributed by atoms with Crippen LogP contribution in [-0.4, -0.2) is 22.9 Å². The summed E-state index contributed by atoms with van der Waals surface area (Å²) in [6.07, 6.45) is 0.132. The molecular formula is C5H5F2N3O2. The fraction of sp³-hybridized carbons (Fsp3) is 0.200. The minimum atomic E-state index is -3.12. The van der Waals surface area contributed by atoms with Gasteiger partial charge in [0.15, 0.2) is 0 Å². The Morgan fingerprint density at radius 2 is 2.50 bits per heavy atom. The van der Waals surface area contributed by atoms with Gasteiger partial charge in [-0.2, -0.15) is 13.9 Å². The van der Waals surface area contributed by atoms with Crippen molar-refractivity contribution in [3.05, 3.63) is 12.3 Å². The van der Waals surface area contributed by atoms with E-state index in [1.165, 1.54) is 12.3 Å². The number of amides is 1. The first-order valence-electron chi connectivity index (χ1n) is 2.93. The van der Waals surface area contributed by atoms with Crippen molar-refractivity contribution >= 4 is 11.9 Å². The van der Waals surface area contributed by atoms with E-state index in [0.717, 1.165) is 0 Å². The minimum absolute atomic E-state index is 0.195. The number of H-pyrrole nitrogens is 1. The molecule has 12 heavy (non-hydrogen) atoms. The normalized spacial score (nSPS) is 9.92. The Labute approximate surface area is 65.7 Å². The second-order valence-electron chi connectivity index (χ2n) is 1.76. The number of aromatic nitrogens is 2. The molecule has 1 aromatic heterocycles. The van der Waals surface area contributed by atoms with E-state index < -0.39 is 12.7 Å². The van der Waals surface area contributed by atoms with Gasteiger partial charge in [0.25, 0.3) is 0 Å². The Kier molecular flexibility index (Phi) is 2.57. The van der Waals surface area contributed by atoms with E-state index >= 15 is 0 Å². The van der Waals surface area contributed by atoms with Crippen molar-refractivity contribution in [3.63, 3.8) is 0 Å². The van der Waals surface area contributed by atoms with Crippen LogP contribution in [0.15, 0.2) is 12.3 Å². The molecule has 0 fully saturated rings. The van der Waals surface area contributed by atoms with Gasteiger partial charge in [0.1, 0.15) is 5.82 Å². The predicted octanol–water partition coefficient (Wildman–Crippen LogP) is 1.18. The zero-order chi connectivity index (χ0) is 8.97. The van der Waals surface area contributed by atoms with Crippen molar-refractivity contribution in [2.45, 2.75) is 6.61 Å². The molecule has 1 amide bonds. The summed E-state index contributed by atoms with van der Waals surface area (Å²) in [5.41, 5.74) is 0. The molecule has 1 rings (SSSR count). The molecule has 0 spiro atoms. The monoisotopic (exact) mass is 177 g/mol. The van der Waals surface area contributed by atoms with Crippen LogP contribution in [0.2, 0.25) is 0 Å². The summed E-state index contributed by atoms with van der Waals surface area (Å²) in [5, 5.41) is 7.80. The third-order valence-corrected chi connectivity index (χ3v) is 0.934. The molecule has 0 bridgehead atoms. The van der Waals surface area contributed by atoms with E-state index in [4.69, 9.17) is 0 Å². The van der Waals surface area contributed by atoms with Crippen molar-refractivity contribution in [3.8, 4) is 0 Å². The van der Waals surface area contributed by atoms with Gasteiger partial charge in [0, 0.05) is 6.07 Å². The lowest BCUT2D eigenvalue weighted by atomic mass is 10.6. The van der Waals surface area contributed by atoms with Gasteiger partial charge in [0.2, 0.25) is 0 Å². The first kappa shape index (κ1) is 8.44. The molecule has 0 aliphatic heterocycles. The largest absolute Gasteiger partial charge is 0.417 e. The Balaban J connectivity index is 2.37. The number of nitrogens with one attached hydrogen (secondary N) is 2. The van der Waals surface area contributed by atoms with E-state index in [1.807, 2.05) is 5.32 Å². The Morgan fingerprint density at radius 3 is 3.00 bits per heavy atom. The molecule has 66 valence electrons. The maximum Gasteiger partial charge on any atom is 0.417 e. The molecule has 0 unspecified atom stereocenters. The average Bonchev–Trinajstić information content (AvgIpc) is 2.37. The Morgan fingerprint density at radius 1 is 1.75 bits per heavy atom. The number of carbonyl (C=O) groups excluding carboxylic acids is 1. The quantitative estimate of drug-likeness (QED) is 0.712. The highest BCUT2D eigenvalue weighted by atomic mass is 19.3. The number of hydrogen-bond acceptors (Lipinski definition) is 3. The number of halogens is 2. The SMILES string of the molecule is O=C(Nc1ccn[nH]1)OC(F)F. The number of carbonyl (C=O) groups is 1. The minimum Gasteiger partial charge on any atom is -0.386 e. The van der Waals surface area contributed by atoms with Gasteiger partial charge in [-0.15, -0.1) is 0 Å². The van der Waals surface area contributed by atoms with Crippen molar-refractivity contribution in [1.82, 2.24) is 10.2 Å². The molecule has 0 aromatic carbocycles. The van der Waals surface area contributed by atoms with E-state index in [2.05, 4.69) is 14.9 Å². The van der Waals surface area contributed by atoms with Crippen LogP contribution in [0.3, 0.4) is 0 Å². The van der Waals surface area contributed by atoms with Gasteiger partial charge in [-0.1, -0.05) is 0 Å². The second kappa shape index (κ2) is 3.65. The molecule has 0 radical (unpaired) electrons. The van der Waals surface area contributed by atoms with Crippen LogP contribution in [0, 0.1) is 0 Å². The van der Waals surface area contributed by atoms with Crippen molar-refractivity contribution in [2.75, 3.05) is 5.32 Å². The van der Waals surface area contributed by atoms with Crippen LogP contribution < -0.4 is 5.32 Å². The molecule has 0 aliphatic carbocycles. The lowest BCUT2D eigenvalue weighted by Gasteiger charge is -2.02. The first-order valence-corrected chi connectivity index (χ1v) is 2.93. The molecule has 0 aliphatic rings. The van der Waals surface area contributed by atoms with Crippen molar-refractivity contribution in [1.29, 1.82) is 0 Å². The first-order chi connectivity index (χ1) is 5.68. The van der Waals surface area contributed by atoms with E-state index in [9.17, 15) is 13.6 Å². The second-order valence-corrected chi connectivity index (χ2v) is 1.76. The zero-order valence-corrected chi connectivity index (χ0v) is 5.75. The molecule has 1 aromatic rings. The Hall–Kier alpha value is -1.66.